The monoisotopic (exact) mass is 273 g/mol. The van der Waals surface area contributed by atoms with Gasteiger partial charge in [-0.1, -0.05) is 18.2 Å². The highest BCUT2D eigenvalue weighted by molar-refractivity contribution is 5.51. The van der Waals surface area contributed by atoms with E-state index in [1.807, 2.05) is 0 Å². The maximum atomic E-state index is 3.69. The summed E-state index contributed by atoms with van der Waals surface area (Å²) >= 11 is 0. The summed E-state index contributed by atoms with van der Waals surface area (Å²) < 4.78 is 0. The number of anilines is 1. The second-order valence-corrected chi connectivity index (χ2v) is 6.23. The number of hydrogen-bond donors (Lipinski definition) is 2. The van der Waals surface area contributed by atoms with Crippen molar-refractivity contribution in [3.63, 3.8) is 0 Å². The van der Waals surface area contributed by atoms with E-state index in [0.717, 1.165) is 19.0 Å². The first-order valence-electron chi connectivity index (χ1n) is 8.16. The van der Waals surface area contributed by atoms with Gasteiger partial charge < -0.3 is 10.6 Å². The van der Waals surface area contributed by atoms with E-state index >= 15 is 0 Å². The van der Waals surface area contributed by atoms with E-state index in [1.165, 1.54) is 63.1 Å². The van der Waals surface area contributed by atoms with Crippen LogP contribution in [0.25, 0.3) is 0 Å². The first-order chi connectivity index (χ1) is 9.92. The third kappa shape index (κ3) is 3.74. The van der Waals surface area contributed by atoms with Crippen LogP contribution in [0.5, 0.6) is 0 Å². The highest BCUT2D eigenvalue weighted by atomic mass is 15.1. The summed E-state index contributed by atoms with van der Waals surface area (Å²) in [5, 5.41) is 7.19. The van der Waals surface area contributed by atoms with Crippen LogP contribution in [-0.4, -0.2) is 37.6 Å². The number of rotatable bonds is 5. The Bertz CT molecular complexity index is 406. The molecular weight excluding hydrogens is 246 g/mol. The molecule has 2 aliphatic rings. The molecule has 0 amide bonds. The highest BCUT2D eigenvalue weighted by Crippen LogP contribution is 2.21. The van der Waals surface area contributed by atoms with Gasteiger partial charge >= 0.3 is 0 Å². The standard InChI is InChI=1S/C17H27N3/c1-2-8-17(19-13-15-6-5-9-18-12-15)16(7-1)14-20-10-3-4-11-20/h1-2,7-8,15,18-19H,3-6,9-14H2. The minimum absolute atomic E-state index is 0.781. The zero-order valence-corrected chi connectivity index (χ0v) is 12.4. The molecule has 2 aliphatic heterocycles. The Morgan fingerprint density at radius 1 is 1.15 bits per heavy atom. The van der Waals surface area contributed by atoms with Crippen LogP contribution in [0.1, 0.15) is 31.2 Å². The number of piperidine rings is 1. The normalized spacial score (nSPS) is 23.9. The van der Waals surface area contributed by atoms with Gasteiger partial charge in [-0.05, 0) is 69.4 Å². The van der Waals surface area contributed by atoms with Crippen molar-refractivity contribution in [2.45, 2.75) is 32.2 Å². The predicted molar refractivity (Wildman–Crippen MR) is 85.0 cm³/mol. The smallest absolute Gasteiger partial charge is 0.0385 e. The summed E-state index contributed by atoms with van der Waals surface area (Å²) in [6.07, 6.45) is 5.41. The van der Waals surface area contributed by atoms with Crippen molar-refractivity contribution in [3.05, 3.63) is 29.8 Å². The molecule has 2 fully saturated rings. The van der Waals surface area contributed by atoms with Crippen LogP contribution in [0, 0.1) is 5.92 Å². The van der Waals surface area contributed by atoms with Gasteiger partial charge in [0.05, 0.1) is 0 Å². The number of benzene rings is 1. The lowest BCUT2D eigenvalue weighted by molar-refractivity contribution is 0.331. The van der Waals surface area contributed by atoms with Gasteiger partial charge in [-0.2, -0.15) is 0 Å². The molecule has 3 heteroatoms. The lowest BCUT2D eigenvalue weighted by Crippen LogP contribution is -2.33. The molecule has 0 bridgehead atoms. The van der Waals surface area contributed by atoms with Crippen molar-refractivity contribution in [1.82, 2.24) is 10.2 Å². The molecule has 0 saturated carbocycles. The summed E-state index contributed by atoms with van der Waals surface area (Å²) in [5.41, 5.74) is 2.79. The molecule has 1 atom stereocenters. The maximum absolute atomic E-state index is 3.69. The van der Waals surface area contributed by atoms with Crippen LogP contribution in [0.2, 0.25) is 0 Å². The van der Waals surface area contributed by atoms with Crippen molar-refractivity contribution in [3.8, 4) is 0 Å². The Labute approximate surface area is 122 Å². The lowest BCUT2D eigenvalue weighted by atomic mass is 9.99. The van der Waals surface area contributed by atoms with Crippen LogP contribution in [-0.2, 0) is 6.54 Å². The minimum Gasteiger partial charge on any atom is -0.384 e. The SMILES string of the molecule is c1ccc(NCC2CCCNC2)c(CN2CCCC2)c1. The second kappa shape index (κ2) is 7.09. The van der Waals surface area contributed by atoms with Crippen LogP contribution < -0.4 is 10.6 Å². The number of hydrogen-bond acceptors (Lipinski definition) is 3. The number of likely N-dealkylation sites (tertiary alicyclic amines) is 1. The molecule has 2 N–H and O–H groups in total. The van der Waals surface area contributed by atoms with Crippen molar-refractivity contribution in [2.75, 3.05) is 38.0 Å². The maximum Gasteiger partial charge on any atom is 0.0385 e. The van der Waals surface area contributed by atoms with Gasteiger partial charge in [-0.25, -0.2) is 0 Å². The fraction of sp³-hybridized carbons (Fsp3) is 0.647. The molecule has 110 valence electrons. The molecule has 1 aromatic carbocycles. The van der Waals surface area contributed by atoms with E-state index in [1.54, 1.807) is 0 Å². The Kier molecular flexibility index (Phi) is 4.93. The number of nitrogens with one attached hydrogen (secondary N) is 2. The van der Waals surface area contributed by atoms with Gasteiger partial charge in [0.1, 0.15) is 0 Å². The summed E-state index contributed by atoms with van der Waals surface area (Å²) in [5.74, 6) is 0.781. The average molecular weight is 273 g/mol. The lowest BCUT2D eigenvalue weighted by Gasteiger charge is -2.24. The molecule has 0 aliphatic carbocycles. The van der Waals surface area contributed by atoms with Gasteiger partial charge in [0.15, 0.2) is 0 Å². The molecular formula is C17H27N3. The van der Waals surface area contributed by atoms with E-state index in [-0.39, 0.29) is 0 Å². The molecule has 1 unspecified atom stereocenters. The predicted octanol–water partition coefficient (Wildman–Crippen LogP) is 2.69. The number of nitrogens with zero attached hydrogens (tertiary/aromatic N) is 1. The molecule has 2 saturated heterocycles. The van der Waals surface area contributed by atoms with Crippen LogP contribution in [0.15, 0.2) is 24.3 Å². The van der Waals surface area contributed by atoms with E-state index in [4.69, 9.17) is 0 Å². The zero-order valence-electron chi connectivity index (χ0n) is 12.4. The first-order valence-corrected chi connectivity index (χ1v) is 8.16. The Morgan fingerprint density at radius 2 is 2.00 bits per heavy atom. The largest absolute Gasteiger partial charge is 0.384 e. The summed E-state index contributed by atoms with van der Waals surface area (Å²) in [6.45, 7) is 7.10. The van der Waals surface area contributed by atoms with E-state index in [0.29, 0.717) is 0 Å². The summed E-state index contributed by atoms with van der Waals surface area (Å²) in [7, 11) is 0. The Hall–Kier alpha value is -1.06. The fourth-order valence-electron chi connectivity index (χ4n) is 3.36. The topological polar surface area (TPSA) is 27.3 Å². The second-order valence-electron chi connectivity index (χ2n) is 6.23. The van der Waals surface area contributed by atoms with E-state index in [9.17, 15) is 0 Å². The van der Waals surface area contributed by atoms with Crippen LogP contribution in [0.4, 0.5) is 5.69 Å². The number of para-hydroxylation sites is 1. The third-order valence-corrected chi connectivity index (χ3v) is 4.59. The average Bonchev–Trinajstić information content (AvgIpc) is 3.00. The summed E-state index contributed by atoms with van der Waals surface area (Å²) in [4.78, 5) is 2.57. The fourth-order valence-corrected chi connectivity index (χ4v) is 3.36. The highest BCUT2D eigenvalue weighted by Gasteiger charge is 2.15. The van der Waals surface area contributed by atoms with Crippen molar-refractivity contribution in [2.24, 2.45) is 5.92 Å². The third-order valence-electron chi connectivity index (χ3n) is 4.59. The van der Waals surface area contributed by atoms with Gasteiger partial charge in [-0.3, -0.25) is 4.90 Å². The molecule has 0 aromatic heterocycles. The molecule has 2 heterocycles. The van der Waals surface area contributed by atoms with E-state index < -0.39 is 0 Å². The summed E-state index contributed by atoms with van der Waals surface area (Å²) in [6, 6.07) is 8.83. The van der Waals surface area contributed by atoms with Gasteiger partial charge in [0, 0.05) is 18.8 Å². The molecule has 20 heavy (non-hydrogen) atoms. The minimum atomic E-state index is 0.781. The molecule has 0 radical (unpaired) electrons. The van der Waals surface area contributed by atoms with E-state index in [2.05, 4.69) is 39.8 Å². The van der Waals surface area contributed by atoms with Gasteiger partial charge in [0.2, 0.25) is 0 Å². The molecule has 1 aromatic rings. The first kappa shape index (κ1) is 13.9. The molecule has 3 nitrogen and oxygen atoms in total. The quantitative estimate of drug-likeness (QED) is 0.864. The molecule has 0 spiro atoms. The van der Waals surface area contributed by atoms with Crippen molar-refractivity contribution in [1.29, 1.82) is 0 Å². The van der Waals surface area contributed by atoms with Gasteiger partial charge in [-0.15, -0.1) is 0 Å². The van der Waals surface area contributed by atoms with Crippen LogP contribution >= 0.6 is 0 Å². The van der Waals surface area contributed by atoms with Crippen molar-refractivity contribution >= 4 is 5.69 Å². The van der Waals surface area contributed by atoms with Gasteiger partial charge in [0.25, 0.3) is 0 Å². The van der Waals surface area contributed by atoms with Crippen molar-refractivity contribution < 1.29 is 0 Å². The Morgan fingerprint density at radius 3 is 2.80 bits per heavy atom. The van der Waals surface area contributed by atoms with Crippen LogP contribution in [0.3, 0.4) is 0 Å². The Balaban J connectivity index is 1.57. The zero-order chi connectivity index (χ0) is 13.6. The molecule has 3 rings (SSSR count).